The Morgan fingerprint density at radius 1 is 1.26 bits per heavy atom. The Balaban J connectivity index is 1.50. The van der Waals surface area contributed by atoms with Crippen LogP contribution in [0, 0.1) is 5.82 Å². The topological polar surface area (TPSA) is 60.2 Å². The van der Waals surface area contributed by atoms with Crippen molar-refractivity contribution in [3.63, 3.8) is 0 Å². The van der Waals surface area contributed by atoms with E-state index in [1.807, 2.05) is 34.2 Å². The average molecular weight is 459 g/mol. The van der Waals surface area contributed by atoms with Crippen LogP contribution < -0.4 is 0 Å². The fourth-order valence-corrected chi connectivity index (χ4v) is 5.95. The van der Waals surface area contributed by atoms with Crippen molar-refractivity contribution in [2.45, 2.75) is 31.4 Å². The summed E-state index contributed by atoms with van der Waals surface area (Å²) in [4.78, 5) is 21.1. The summed E-state index contributed by atoms with van der Waals surface area (Å²) in [6, 6.07) is 10.1. The number of nitrogens with zero attached hydrogens (tertiary/aromatic N) is 4. The predicted octanol–water partition coefficient (Wildman–Crippen LogP) is 4.26. The van der Waals surface area contributed by atoms with Crippen LogP contribution in [-0.4, -0.2) is 62.4 Å². The zero-order valence-corrected chi connectivity index (χ0v) is 18.6. The second-order valence-electron chi connectivity index (χ2n) is 7.73. The number of benzene rings is 1. The molecular weight excluding hydrogens is 435 g/mol. The van der Waals surface area contributed by atoms with Crippen LogP contribution in [0.15, 0.2) is 41.8 Å². The van der Waals surface area contributed by atoms with Crippen LogP contribution in [0.1, 0.15) is 29.9 Å². The molecule has 9 heteroatoms. The SMILES string of the molecule is O=C(c1nc(-c2cccs2)n(-c2ccc(F)cc2)n1)N(CC1CCCO1)C1CCSC1. The highest BCUT2D eigenvalue weighted by Gasteiger charge is 2.33. The van der Waals surface area contributed by atoms with Gasteiger partial charge >= 0.3 is 0 Å². The molecule has 0 bridgehead atoms. The van der Waals surface area contributed by atoms with Gasteiger partial charge in [0.05, 0.1) is 16.7 Å². The summed E-state index contributed by atoms with van der Waals surface area (Å²) in [5.41, 5.74) is 0.665. The second-order valence-corrected chi connectivity index (χ2v) is 9.83. The van der Waals surface area contributed by atoms with E-state index < -0.39 is 0 Å². The number of thiophene rings is 1. The number of thioether (sulfide) groups is 1. The smallest absolute Gasteiger partial charge is 0.293 e. The second kappa shape index (κ2) is 9.10. The van der Waals surface area contributed by atoms with E-state index in [4.69, 9.17) is 4.74 Å². The molecule has 5 rings (SSSR count). The summed E-state index contributed by atoms with van der Waals surface area (Å²) < 4.78 is 20.9. The molecule has 162 valence electrons. The molecule has 2 unspecified atom stereocenters. The van der Waals surface area contributed by atoms with Gasteiger partial charge in [-0.15, -0.1) is 16.4 Å². The molecule has 0 saturated carbocycles. The highest BCUT2D eigenvalue weighted by molar-refractivity contribution is 7.99. The van der Waals surface area contributed by atoms with Crippen LogP contribution in [0.25, 0.3) is 16.4 Å². The third-order valence-electron chi connectivity index (χ3n) is 5.64. The maximum atomic E-state index is 13.6. The minimum atomic E-state index is -0.320. The van der Waals surface area contributed by atoms with E-state index in [1.165, 1.54) is 23.5 Å². The Morgan fingerprint density at radius 2 is 2.13 bits per heavy atom. The molecule has 0 N–H and O–H groups in total. The molecular formula is C22H23FN4O2S2. The number of aromatic nitrogens is 3. The maximum Gasteiger partial charge on any atom is 0.293 e. The van der Waals surface area contributed by atoms with E-state index in [9.17, 15) is 9.18 Å². The monoisotopic (exact) mass is 458 g/mol. The van der Waals surface area contributed by atoms with Crippen molar-refractivity contribution in [1.29, 1.82) is 0 Å². The lowest BCUT2D eigenvalue weighted by Crippen LogP contribution is -2.45. The molecule has 2 fully saturated rings. The predicted molar refractivity (Wildman–Crippen MR) is 120 cm³/mol. The number of amides is 1. The molecule has 31 heavy (non-hydrogen) atoms. The Morgan fingerprint density at radius 3 is 2.81 bits per heavy atom. The first-order valence-electron chi connectivity index (χ1n) is 10.5. The van der Waals surface area contributed by atoms with Crippen molar-refractivity contribution in [2.75, 3.05) is 24.7 Å². The van der Waals surface area contributed by atoms with Gasteiger partial charge in [0, 0.05) is 24.9 Å². The number of halogens is 1. The van der Waals surface area contributed by atoms with Gasteiger partial charge in [-0.3, -0.25) is 4.79 Å². The molecule has 1 amide bonds. The van der Waals surface area contributed by atoms with Gasteiger partial charge in [-0.1, -0.05) is 6.07 Å². The molecule has 2 atom stereocenters. The minimum absolute atomic E-state index is 0.0745. The van der Waals surface area contributed by atoms with Crippen LogP contribution >= 0.6 is 23.1 Å². The first-order chi connectivity index (χ1) is 15.2. The molecule has 2 aliphatic rings. The van der Waals surface area contributed by atoms with E-state index in [0.717, 1.165) is 42.3 Å². The van der Waals surface area contributed by atoms with E-state index in [1.54, 1.807) is 16.8 Å². The fraction of sp³-hybridized carbons (Fsp3) is 0.409. The molecule has 0 aliphatic carbocycles. The quantitative estimate of drug-likeness (QED) is 0.552. The van der Waals surface area contributed by atoms with Crippen molar-refractivity contribution in [1.82, 2.24) is 19.7 Å². The highest BCUT2D eigenvalue weighted by atomic mass is 32.2. The van der Waals surface area contributed by atoms with Gasteiger partial charge in [-0.2, -0.15) is 11.8 Å². The molecule has 3 aromatic rings. The van der Waals surface area contributed by atoms with Crippen molar-refractivity contribution in [2.24, 2.45) is 0 Å². The van der Waals surface area contributed by atoms with Gasteiger partial charge in [0.1, 0.15) is 5.82 Å². The lowest BCUT2D eigenvalue weighted by molar-refractivity contribution is 0.0432. The minimum Gasteiger partial charge on any atom is -0.376 e. The third-order valence-corrected chi connectivity index (χ3v) is 7.65. The van der Waals surface area contributed by atoms with Crippen molar-refractivity contribution in [3.05, 3.63) is 53.4 Å². The summed E-state index contributed by atoms with van der Waals surface area (Å²) in [7, 11) is 0. The number of ether oxygens (including phenoxy) is 1. The summed E-state index contributed by atoms with van der Waals surface area (Å²) in [5, 5.41) is 6.54. The fourth-order valence-electron chi connectivity index (χ4n) is 4.03. The lowest BCUT2D eigenvalue weighted by atomic mass is 10.1. The Labute approximate surface area is 188 Å². The van der Waals surface area contributed by atoms with E-state index in [2.05, 4.69) is 10.1 Å². The van der Waals surface area contributed by atoms with Crippen LogP contribution in [0.2, 0.25) is 0 Å². The molecule has 2 aromatic heterocycles. The number of hydrogen-bond acceptors (Lipinski definition) is 6. The van der Waals surface area contributed by atoms with E-state index >= 15 is 0 Å². The number of carbonyl (C=O) groups is 1. The van der Waals surface area contributed by atoms with Gasteiger partial charge in [-0.05, 0) is 60.7 Å². The Kier molecular flexibility index (Phi) is 6.06. The van der Waals surface area contributed by atoms with E-state index in [-0.39, 0.29) is 29.7 Å². The highest BCUT2D eigenvalue weighted by Crippen LogP contribution is 2.28. The summed E-state index contributed by atoms with van der Waals surface area (Å²) >= 11 is 3.40. The van der Waals surface area contributed by atoms with Gasteiger partial charge in [0.25, 0.3) is 5.91 Å². The molecule has 2 aliphatic heterocycles. The summed E-state index contributed by atoms with van der Waals surface area (Å²) in [6.45, 7) is 1.33. The number of rotatable bonds is 6. The zero-order chi connectivity index (χ0) is 21.2. The van der Waals surface area contributed by atoms with Crippen LogP contribution in [-0.2, 0) is 4.74 Å². The van der Waals surface area contributed by atoms with Gasteiger partial charge in [0.2, 0.25) is 5.82 Å². The van der Waals surface area contributed by atoms with Crippen LogP contribution in [0.3, 0.4) is 0 Å². The summed E-state index contributed by atoms with van der Waals surface area (Å²) in [6.07, 6.45) is 3.05. The van der Waals surface area contributed by atoms with Crippen LogP contribution in [0.4, 0.5) is 4.39 Å². The number of hydrogen-bond donors (Lipinski definition) is 0. The normalized spacial score (nSPS) is 20.9. The lowest BCUT2D eigenvalue weighted by Gasteiger charge is -2.29. The molecule has 1 aromatic carbocycles. The number of carbonyl (C=O) groups excluding carboxylic acids is 1. The first-order valence-corrected chi connectivity index (χ1v) is 12.5. The standard InChI is InChI=1S/C22H23FN4O2S2/c23-15-5-7-16(8-6-15)27-21(19-4-2-11-31-19)24-20(25-27)22(28)26(17-9-12-30-14-17)13-18-3-1-10-29-18/h2,4-8,11,17-18H,1,3,9-10,12-14H2. The van der Waals surface area contributed by atoms with Crippen molar-refractivity contribution in [3.8, 4) is 16.4 Å². The first kappa shape index (κ1) is 20.7. The molecule has 6 nitrogen and oxygen atoms in total. The van der Waals surface area contributed by atoms with Gasteiger partial charge in [0.15, 0.2) is 5.82 Å². The van der Waals surface area contributed by atoms with Crippen molar-refractivity contribution >= 4 is 29.0 Å². The van der Waals surface area contributed by atoms with Crippen molar-refractivity contribution < 1.29 is 13.9 Å². The third kappa shape index (κ3) is 4.40. The van der Waals surface area contributed by atoms with Gasteiger partial charge in [-0.25, -0.2) is 14.1 Å². The zero-order valence-electron chi connectivity index (χ0n) is 16.9. The Bertz CT molecular complexity index is 1030. The molecule has 2 saturated heterocycles. The Hall–Kier alpha value is -2.23. The maximum absolute atomic E-state index is 13.6. The van der Waals surface area contributed by atoms with Gasteiger partial charge < -0.3 is 9.64 Å². The average Bonchev–Trinajstić information content (AvgIpc) is 3.58. The molecule has 0 radical (unpaired) electrons. The molecule has 0 spiro atoms. The van der Waals surface area contributed by atoms with Crippen LogP contribution in [0.5, 0.6) is 0 Å². The molecule has 4 heterocycles. The largest absolute Gasteiger partial charge is 0.376 e. The van der Waals surface area contributed by atoms with E-state index in [0.29, 0.717) is 18.1 Å². The summed E-state index contributed by atoms with van der Waals surface area (Å²) in [5.74, 6) is 2.25.